The molecule has 0 aliphatic heterocycles. The van der Waals surface area contributed by atoms with Crippen molar-refractivity contribution in [3.63, 3.8) is 0 Å². The van der Waals surface area contributed by atoms with Crippen molar-refractivity contribution in [3.05, 3.63) is 145 Å². The van der Waals surface area contributed by atoms with Crippen LogP contribution in [0.15, 0.2) is 140 Å². The molecule has 0 saturated heterocycles. The number of rotatable bonds is 5. The molecule has 0 unspecified atom stereocenters. The Labute approximate surface area is 221 Å². The lowest BCUT2D eigenvalue weighted by Gasteiger charge is -2.11. The summed E-state index contributed by atoms with van der Waals surface area (Å²) in [6, 6.07) is 47.5. The van der Waals surface area contributed by atoms with Crippen LogP contribution < -0.4 is 0 Å². The van der Waals surface area contributed by atoms with Crippen LogP contribution >= 0.6 is 11.6 Å². The van der Waals surface area contributed by atoms with E-state index in [1.165, 1.54) is 11.1 Å². The van der Waals surface area contributed by atoms with E-state index in [1.54, 1.807) is 0 Å². The summed E-state index contributed by atoms with van der Waals surface area (Å²) < 4.78 is 0. The fraction of sp³-hybridized carbons (Fsp3) is 0. The highest BCUT2D eigenvalue weighted by Crippen LogP contribution is 2.31. The number of aromatic nitrogens is 2. The molecule has 0 aliphatic carbocycles. The van der Waals surface area contributed by atoms with Gasteiger partial charge in [-0.2, -0.15) is 0 Å². The van der Waals surface area contributed by atoms with E-state index in [9.17, 15) is 0 Å². The standard InChI is InChI=1S/C34H23ClN2/c35-31-20-18-26(19-21-31)29-12-7-13-30(22-29)34-36-32(27-10-5-2-6-11-27)23-33(37-34)28-16-14-25(15-17-28)24-8-3-1-4-9-24/h1-23H. The van der Waals surface area contributed by atoms with Gasteiger partial charge in [-0.05, 0) is 46.5 Å². The van der Waals surface area contributed by atoms with Crippen molar-refractivity contribution in [1.29, 1.82) is 0 Å². The quantitative estimate of drug-likeness (QED) is 0.238. The Morgan fingerprint density at radius 3 is 1.43 bits per heavy atom. The first-order valence-electron chi connectivity index (χ1n) is 12.2. The van der Waals surface area contributed by atoms with Gasteiger partial charge in [0.1, 0.15) is 0 Å². The van der Waals surface area contributed by atoms with Gasteiger partial charge in [0.05, 0.1) is 11.4 Å². The minimum atomic E-state index is 0.694. The maximum absolute atomic E-state index is 6.10. The molecule has 0 amide bonds. The van der Waals surface area contributed by atoms with Crippen LogP contribution in [0.4, 0.5) is 0 Å². The molecule has 0 aliphatic rings. The minimum Gasteiger partial charge on any atom is -0.228 e. The summed E-state index contributed by atoms with van der Waals surface area (Å²) in [5, 5.41) is 0.724. The normalized spacial score (nSPS) is 10.8. The highest BCUT2D eigenvalue weighted by Gasteiger charge is 2.12. The van der Waals surface area contributed by atoms with Crippen LogP contribution in [0.2, 0.25) is 5.02 Å². The molecule has 2 nitrogen and oxygen atoms in total. The van der Waals surface area contributed by atoms with Crippen LogP contribution in [-0.4, -0.2) is 9.97 Å². The van der Waals surface area contributed by atoms with Crippen molar-refractivity contribution in [2.75, 3.05) is 0 Å². The van der Waals surface area contributed by atoms with Gasteiger partial charge in [0, 0.05) is 21.7 Å². The van der Waals surface area contributed by atoms with Gasteiger partial charge >= 0.3 is 0 Å². The van der Waals surface area contributed by atoms with Crippen molar-refractivity contribution < 1.29 is 0 Å². The average molecular weight is 495 g/mol. The molecule has 176 valence electrons. The molecule has 6 aromatic rings. The molecule has 5 aromatic carbocycles. The monoisotopic (exact) mass is 494 g/mol. The molecule has 0 radical (unpaired) electrons. The average Bonchev–Trinajstić information content (AvgIpc) is 2.98. The first-order valence-corrected chi connectivity index (χ1v) is 12.6. The Bertz CT molecular complexity index is 1640. The van der Waals surface area contributed by atoms with Crippen LogP contribution in [0.3, 0.4) is 0 Å². The molecule has 0 fully saturated rings. The number of halogens is 1. The molecule has 37 heavy (non-hydrogen) atoms. The molecular weight excluding hydrogens is 472 g/mol. The number of hydrogen-bond donors (Lipinski definition) is 0. The Kier molecular flexibility index (Phi) is 6.33. The summed E-state index contributed by atoms with van der Waals surface area (Å²) in [4.78, 5) is 10.00. The molecule has 0 N–H and O–H groups in total. The number of hydrogen-bond acceptors (Lipinski definition) is 2. The van der Waals surface area contributed by atoms with E-state index in [4.69, 9.17) is 21.6 Å². The lowest BCUT2D eigenvalue weighted by Crippen LogP contribution is -1.96. The molecule has 3 heteroatoms. The highest BCUT2D eigenvalue weighted by molar-refractivity contribution is 6.30. The molecule has 0 atom stereocenters. The van der Waals surface area contributed by atoms with Crippen LogP contribution in [-0.2, 0) is 0 Å². The largest absolute Gasteiger partial charge is 0.228 e. The summed E-state index contributed by atoms with van der Waals surface area (Å²) >= 11 is 6.10. The van der Waals surface area contributed by atoms with Gasteiger partial charge in [0.15, 0.2) is 5.82 Å². The van der Waals surface area contributed by atoms with Gasteiger partial charge in [-0.3, -0.25) is 0 Å². The van der Waals surface area contributed by atoms with Crippen molar-refractivity contribution >= 4 is 11.6 Å². The molecule has 1 heterocycles. The number of benzene rings is 5. The van der Waals surface area contributed by atoms with Gasteiger partial charge in [-0.25, -0.2) is 9.97 Å². The molecule has 0 bridgehead atoms. The third-order valence-electron chi connectivity index (χ3n) is 6.38. The van der Waals surface area contributed by atoms with E-state index in [1.807, 2.05) is 54.6 Å². The third kappa shape index (κ3) is 5.06. The summed E-state index contributed by atoms with van der Waals surface area (Å²) in [5.41, 5.74) is 9.42. The lowest BCUT2D eigenvalue weighted by molar-refractivity contribution is 1.18. The summed E-state index contributed by atoms with van der Waals surface area (Å²) in [5.74, 6) is 0.694. The Morgan fingerprint density at radius 1 is 0.351 bits per heavy atom. The first kappa shape index (κ1) is 22.9. The van der Waals surface area contributed by atoms with Crippen LogP contribution in [0.5, 0.6) is 0 Å². The predicted octanol–water partition coefficient (Wildman–Crippen LogP) is 9.46. The van der Waals surface area contributed by atoms with Gasteiger partial charge in [-0.1, -0.05) is 127 Å². The zero-order valence-electron chi connectivity index (χ0n) is 20.1. The van der Waals surface area contributed by atoms with Crippen LogP contribution in [0, 0.1) is 0 Å². The van der Waals surface area contributed by atoms with E-state index < -0.39 is 0 Å². The summed E-state index contributed by atoms with van der Waals surface area (Å²) in [6.45, 7) is 0. The fourth-order valence-corrected chi connectivity index (χ4v) is 4.55. The highest BCUT2D eigenvalue weighted by atomic mass is 35.5. The minimum absolute atomic E-state index is 0.694. The van der Waals surface area contributed by atoms with Gasteiger partial charge in [-0.15, -0.1) is 0 Å². The smallest absolute Gasteiger partial charge is 0.160 e. The van der Waals surface area contributed by atoms with E-state index in [0.29, 0.717) is 5.82 Å². The Morgan fingerprint density at radius 2 is 0.784 bits per heavy atom. The second-order valence-corrected chi connectivity index (χ2v) is 9.30. The van der Waals surface area contributed by atoms with Crippen LogP contribution in [0.25, 0.3) is 56.2 Å². The maximum atomic E-state index is 6.10. The zero-order valence-corrected chi connectivity index (χ0v) is 20.8. The maximum Gasteiger partial charge on any atom is 0.160 e. The Hall–Kier alpha value is -4.53. The van der Waals surface area contributed by atoms with E-state index in [-0.39, 0.29) is 0 Å². The predicted molar refractivity (Wildman–Crippen MR) is 154 cm³/mol. The molecule has 1 aromatic heterocycles. The fourth-order valence-electron chi connectivity index (χ4n) is 4.43. The van der Waals surface area contributed by atoms with E-state index in [0.717, 1.165) is 44.2 Å². The van der Waals surface area contributed by atoms with Gasteiger partial charge < -0.3 is 0 Å². The zero-order chi connectivity index (χ0) is 25.0. The van der Waals surface area contributed by atoms with E-state index >= 15 is 0 Å². The van der Waals surface area contributed by atoms with Crippen molar-refractivity contribution in [1.82, 2.24) is 9.97 Å². The lowest BCUT2D eigenvalue weighted by atomic mass is 10.0. The second kappa shape index (κ2) is 10.2. The molecule has 0 spiro atoms. The SMILES string of the molecule is Clc1ccc(-c2cccc(-c3nc(-c4ccccc4)cc(-c4ccc(-c5ccccc5)cc4)n3)c2)cc1. The third-order valence-corrected chi connectivity index (χ3v) is 6.63. The van der Waals surface area contributed by atoms with Crippen LogP contribution in [0.1, 0.15) is 0 Å². The van der Waals surface area contributed by atoms with Crippen molar-refractivity contribution in [2.45, 2.75) is 0 Å². The molecular formula is C34H23ClN2. The first-order chi connectivity index (χ1) is 18.2. The Balaban J connectivity index is 1.44. The summed E-state index contributed by atoms with van der Waals surface area (Å²) in [7, 11) is 0. The summed E-state index contributed by atoms with van der Waals surface area (Å²) in [6.07, 6.45) is 0. The van der Waals surface area contributed by atoms with Gasteiger partial charge in [0.25, 0.3) is 0 Å². The number of nitrogens with zero attached hydrogens (tertiary/aromatic N) is 2. The van der Waals surface area contributed by atoms with Gasteiger partial charge in [0.2, 0.25) is 0 Å². The van der Waals surface area contributed by atoms with Crippen molar-refractivity contribution in [2.24, 2.45) is 0 Å². The topological polar surface area (TPSA) is 25.8 Å². The molecule has 6 rings (SSSR count). The van der Waals surface area contributed by atoms with Crippen molar-refractivity contribution in [3.8, 4) is 56.2 Å². The van der Waals surface area contributed by atoms with E-state index in [2.05, 4.69) is 84.9 Å². The second-order valence-electron chi connectivity index (χ2n) is 8.86. The molecule has 0 saturated carbocycles.